The van der Waals surface area contributed by atoms with Crippen molar-refractivity contribution in [3.63, 3.8) is 0 Å². The van der Waals surface area contributed by atoms with Crippen LogP contribution in [0.1, 0.15) is 24.9 Å². The van der Waals surface area contributed by atoms with Crippen LogP contribution in [-0.4, -0.2) is 19.7 Å². The van der Waals surface area contributed by atoms with Gasteiger partial charge in [0.15, 0.2) is 0 Å². The molecule has 94 valence electrons. The molecule has 0 aliphatic carbocycles. The fourth-order valence-electron chi connectivity index (χ4n) is 1.56. The van der Waals surface area contributed by atoms with E-state index in [4.69, 9.17) is 21.1 Å². The van der Waals surface area contributed by atoms with Crippen LogP contribution in [0.4, 0.5) is 0 Å². The minimum atomic E-state index is -0.269. The monoisotopic (exact) mass is 258 g/mol. The van der Waals surface area contributed by atoms with E-state index in [1.807, 2.05) is 0 Å². The zero-order valence-electron chi connectivity index (χ0n) is 10.0. The lowest BCUT2D eigenvalue weighted by Crippen LogP contribution is -2.54. The number of carbonyl (C=O) groups excluding carboxylic acids is 1. The van der Waals surface area contributed by atoms with Crippen LogP contribution in [0.2, 0.25) is 5.02 Å². The molecule has 0 aliphatic heterocycles. The van der Waals surface area contributed by atoms with Crippen molar-refractivity contribution in [2.75, 3.05) is 13.7 Å². The Bertz CT molecular complexity index is 395. The van der Waals surface area contributed by atoms with Gasteiger partial charge in [-0.05, 0) is 25.1 Å². The van der Waals surface area contributed by atoms with Crippen molar-refractivity contribution >= 4 is 17.6 Å². The summed E-state index contributed by atoms with van der Waals surface area (Å²) in [4.78, 5) is 11.4. The molecule has 1 aromatic rings. The van der Waals surface area contributed by atoms with Gasteiger partial charge in [0.25, 0.3) is 0 Å². The van der Waals surface area contributed by atoms with E-state index in [0.717, 1.165) is 5.56 Å². The average molecular weight is 259 g/mol. The van der Waals surface area contributed by atoms with Gasteiger partial charge in [0.1, 0.15) is 18.2 Å². The summed E-state index contributed by atoms with van der Waals surface area (Å²) in [5.74, 6) is 0.410. The fourth-order valence-corrected chi connectivity index (χ4v) is 1.74. The average Bonchev–Trinajstić information content (AvgIpc) is 2.29. The van der Waals surface area contributed by atoms with Gasteiger partial charge in [0.05, 0.1) is 19.3 Å². The van der Waals surface area contributed by atoms with E-state index in [1.165, 1.54) is 0 Å². The van der Waals surface area contributed by atoms with Crippen molar-refractivity contribution in [2.45, 2.75) is 19.4 Å². The van der Waals surface area contributed by atoms with E-state index < -0.39 is 0 Å². The summed E-state index contributed by atoms with van der Waals surface area (Å²) in [5, 5.41) is 0.596. The maximum absolute atomic E-state index is 11.4. The van der Waals surface area contributed by atoms with E-state index in [2.05, 4.69) is 5.73 Å². The van der Waals surface area contributed by atoms with Crippen LogP contribution < -0.4 is 10.5 Å². The van der Waals surface area contributed by atoms with Crippen molar-refractivity contribution in [1.29, 1.82) is 0 Å². The third-order valence-corrected chi connectivity index (χ3v) is 2.59. The summed E-state index contributed by atoms with van der Waals surface area (Å²) in [5.41, 5.74) is 4.75. The Hall–Kier alpha value is -1.26. The molecule has 1 atom stereocenters. The van der Waals surface area contributed by atoms with Crippen LogP contribution in [0.5, 0.6) is 5.75 Å². The number of benzene rings is 1. The highest BCUT2D eigenvalue weighted by Crippen LogP contribution is 2.27. The summed E-state index contributed by atoms with van der Waals surface area (Å²) in [6, 6.07) is 5.03. The summed E-state index contributed by atoms with van der Waals surface area (Å²) in [6.45, 7) is 2.15. The molecule has 0 fully saturated rings. The summed E-state index contributed by atoms with van der Waals surface area (Å²) >= 11 is 5.92. The van der Waals surface area contributed by atoms with Crippen molar-refractivity contribution in [3.8, 4) is 5.75 Å². The normalized spacial score (nSPS) is 12.0. The van der Waals surface area contributed by atoms with Crippen molar-refractivity contribution in [1.82, 2.24) is 0 Å². The second kappa shape index (κ2) is 6.47. The van der Waals surface area contributed by atoms with Gasteiger partial charge in [0.2, 0.25) is 0 Å². The molecule has 1 rings (SSSR count). The second-order valence-electron chi connectivity index (χ2n) is 3.59. The molecule has 0 aromatic heterocycles. The highest BCUT2D eigenvalue weighted by atomic mass is 35.5. The first-order valence-electron chi connectivity index (χ1n) is 5.40. The zero-order chi connectivity index (χ0) is 12.8. The van der Waals surface area contributed by atoms with E-state index in [-0.39, 0.29) is 18.4 Å². The first-order chi connectivity index (χ1) is 8.08. The first-order valence-corrected chi connectivity index (χ1v) is 5.78. The summed E-state index contributed by atoms with van der Waals surface area (Å²) < 4.78 is 10.1. The third kappa shape index (κ3) is 3.91. The van der Waals surface area contributed by atoms with Crippen LogP contribution in [-0.2, 0) is 9.53 Å². The zero-order valence-corrected chi connectivity index (χ0v) is 10.8. The van der Waals surface area contributed by atoms with Crippen molar-refractivity contribution < 1.29 is 20.0 Å². The van der Waals surface area contributed by atoms with Gasteiger partial charge in [-0.2, -0.15) is 0 Å². The number of ether oxygens (including phenoxy) is 2. The van der Waals surface area contributed by atoms with Gasteiger partial charge < -0.3 is 15.2 Å². The molecule has 0 radical (unpaired) electrons. The highest BCUT2D eigenvalue weighted by Gasteiger charge is 2.20. The summed E-state index contributed by atoms with van der Waals surface area (Å²) in [6.07, 6.45) is 0.213. The number of hydrogen-bond acceptors (Lipinski definition) is 3. The van der Waals surface area contributed by atoms with Crippen molar-refractivity contribution in [3.05, 3.63) is 28.8 Å². The van der Waals surface area contributed by atoms with Gasteiger partial charge in [-0.1, -0.05) is 11.6 Å². The molecule has 0 saturated carbocycles. The van der Waals surface area contributed by atoms with E-state index in [0.29, 0.717) is 17.4 Å². The maximum Gasteiger partial charge on any atom is 0.312 e. The predicted molar refractivity (Wildman–Crippen MR) is 64.9 cm³/mol. The maximum atomic E-state index is 11.4. The number of halogens is 1. The van der Waals surface area contributed by atoms with Crippen LogP contribution in [0.3, 0.4) is 0 Å². The largest absolute Gasteiger partial charge is 0.496 e. The molecule has 0 unspecified atom stereocenters. The SMILES string of the molecule is CCOC(=O)C[C@@H]([NH3+])c1cc(Cl)ccc1OC. The fraction of sp³-hybridized carbons (Fsp3) is 0.417. The molecule has 0 saturated heterocycles. The Labute approximate surface area is 106 Å². The Morgan fingerprint density at radius 2 is 2.24 bits per heavy atom. The first kappa shape index (κ1) is 13.8. The third-order valence-electron chi connectivity index (χ3n) is 2.35. The van der Waals surface area contributed by atoms with Gasteiger partial charge in [-0.3, -0.25) is 4.79 Å². The Morgan fingerprint density at radius 1 is 1.53 bits per heavy atom. The molecule has 0 amide bonds. The van der Waals surface area contributed by atoms with Gasteiger partial charge in [-0.15, -0.1) is 0 Å². The number of hydrogen-bond donors (Lipinski definition) is 1. The molecule has 0 heterocycles. The number of rotatable bonds is 5. The van der Waals surface area contributed by atoms with Crippen LogP contribution >= 0.6 is 11.6 Å². The molecule has 5 heteroatoms. The van der Waals surface area contributed by atoms with E-state index in [9.17, 15) is 4.79 Å². The molecule has 0 aliphatic rings. The molecule has 4 nitrogen and oxygen atoms in total. The minimum absolute atomic E-state index is 0.213. The predicted octanol–water partition coefficient (Wildman–Crippen LogP) is 1.58. The van der Waals surface area contributed by atoms with Gasteiger partial charge >= 0.3 is 5.97 Å². The smallest absolute Gasteiger partial charge is 0.312 e. The number of methoxy groups -OCH3 is 1. The number of esters is 1. The summed E-state index contributed by atoms with van der Waals surface area (Å²) in [7, 11) is 1.57. The standard InChI is InChI=1S/C12H16ClNO3/c1-3-17-12(15)7-10(14)9-6-8(13)4-5-11(9)16-2/h4-6,10H,3,7,14H2,1-2H3/p+1/t10-/m1/s1. The Morgan fingerprint density at radius 3 is 2.82 bits per heavy atom. The Kier molecular flexibility index (Phi) is 5.25. The second-order valence-corrected chi connectivity index (χ2v) is 4.03. The quantitative estimate of drug-likeness (QED) is 0.816. The molecule has 0 spiro atoms. The molecular weight excluding hydrogens is 242 g/mol. The lowest BCUT2D eigenvalue weighted by molar-refractivity contribution is -0.426. The van der Waals surface area contributed by atoms with Gasteiger partial charge in [-0.25, -0.2) is 0 Å². The lowest BCUT2D eigenvalue weighted by Gasteiger charge is -2.12. The Balaban J connectivity index is 2.83. The van der Waals surface area contributed by atoms with Crippen LogP contribution in [0.15, 0.2) is 18.2 Å². The highest BCUT2D eigenvalue weighted by molar-refractivity contribution is 6.30. The molecule has 3 N–H and O–H groups in total. The number of carbonyl (C=O) groups is 1. The molecule has 1 aromatic carbocycles. The van der Waals surface area contributed by atoms with Crippen molar-refractivity contribution in [2.24, 2.45) is 0 Å². The molecule has 0 bridgehead atoms. The topological polar surface area (TPSA) is 63.2 Å². The van der Waals surface area contributed by atoms with Crippen LogP contribution in [0, 0.1) is 0 Å². The molecular formula is C12H17ClNO3+. The van der Waals surface area contributed by atoms with Crippen LogP contribution in [0.25, 0.3) is 0 Å². The lowest BCUT2D eigenvalue weighted by atomic mass is 10.0. The molecule has 17 heavy (non-hydrogen) atoms. The van der Waals surface area contributed by atoms with E-state index >= 15 is 0 Å². The minimum Gasteiger partial charge on any atom is -0.496 e. The van der Waals surface area contributed by atoms with E-state index in [1.54, 1.807) is 32.2 Å². The van der Waals surface area contributed by atoms with Gasteiger partial charge in [0, 0.05) is 5.02 Å². The number of quaternary nitrogens is 1.